The largest absolute Gasteiger partial charge is 0.494 e. The van der Waals surface area contributed by atoms with Crippen LogP contribution in [-0.2, 0) is 0 Å². The van der Waals surface area contributed by atoms with Crippen molar-refractivity contribution in [1.29, 1.82) is 0 Å². The van der Waals surface area contributed by atoms with Crippen LogP contribution in [0.5, 0.6) is 11.6 Å². The molecule has 0 atom stereocenters. The van der Waals surface area contributed by atoms with E-state index in [1.807, 2.05) is 48.5 Å². The summed E-state index contributed by atoms with van der Waals surface area (Å²) in [5, 5.41) is 0.949. The van der Waals surface area contributed by atoms with Gasteiger partial charge < -0.3 is 9.47 Å². The molecule has 0 radical (unpaired) electrons. The zero-order chi connectivity index (χ0) is 15.9. The normalized spacial score (nSPS) is 10.7. The van der Waals surface area contributed by atoms with Crippen molar-refractivity contribution in [3.8, 4) is 11.6 Å². The molecule has 1 aromatic heterocycles. The molecule has 0 unspecified atom stereocenters. The first-order chi connectivity index (χ1) is 11.3. The summed E-state index contributed by atoms with van der Waals surface area (Å²) in [6, 6.07) is 15.9. The third-order valence-corrected chi connectivity index (χ3v) is 4.09. The fourth-order valence-corrected chi connectivity index (χ4v) is 2.55. The maximum absolute atomic E-state index is 5.78. The summed E-state index contributed by atoms with van der Waals surface area (Å²) in [5.74, 6) is 1.56. The molecular formula is C18H17IN2O2. The molecule has 1 heterocycles. The van der Waals surface area contributed by atoms with E-state index >= 15 is 0 Å². The predicted octanol–water partition coefficient (Wildman–Crippen LogP) is 4.47. The summed E-state index contributed by atoms with van der Waals surface area (Å²) in [7, 11) is 0. The minimum absolute atomic E-state index is 0.622. The molecule has 0 aliphatic heterocycles. The average Bonchev–Trinajstić information content (AvgIpc) is 2.59. The van der Waals surface area contributed by atoms with Crippen molar-refractivity contribution in [3.05, 3.63) is 58.4 Å². The van der Waals surface area contributed by atoms with Crippen LogP contribution in [0, 0.1) is 3.57 Å². The molecule has 5 heteroatoms. The van der Waals surface area contributed by atoms with Gasteiger partial charge in [0.15, 0.2) is 0 Å². The van der Waals surface area contributed by atoms with Gasteiger partial charge in [-0.15, -0.1) is 0 Å². The second-order valence-corrected chi connectivity index (χ2v) is 6.30. The van der Waals surface area contributed by atoms with Gasteiger partial charge in [-0.3, -0.25) is 0 Å². The maximum atomic E-state index is 5.78. The number of benzene rings is 2. The number of aromatic nitrogens is 2. The van der Waals surface area contributed by atoms with Gasteiger partial charge in [0.05, 0.1) is 24.1 Å². The molecule has 4 nitrogen and oxygen atoms in total. The number of nitrogens with zero attached hydrogens (tertiary/aromatic N) is 2. The second kappa shape index (κ2) is 8.10. The number of hydrogen-bond donors (Lipinski definition) is 0. The Morgan fingerprint density at radius 2 is 1.57 bits per heavy atom. The number of unbranched alkanes of at least 4 members (excludes halogenated alkanes) is 1. The average molecular weight is 420 g/mol. The highest BCUT2D eigenvalue weighted by atomic mass is 127. The van der Waals surface area contributed by atoms with Crippen LogP contribution in [0.25, 0.3) is 10.9 Å². The molecule has 3 aromatic rings. The smallest absolute Gasteiger partial charge is 0.224 e. The maximum Gasteiger partial charge on any atom is 0.224 e. The highest BCUT2D eigenvalue weighted by Crippen LogP contribution is 2.20. The van der Waals surface area contributed by atoms with E-state index in [2.05, 4.69) is 32.6 Å². The molecule has 0 amide bonds. The van der Waals surface area contributed by atoms with Crippen molar-refractivity contribution in [3.63, 3.8) is 0 Å². The SMILES string of the molecule is Ic1ccc(OCCCCOc2ncnc3ccccc23)cc1. The second-order valence-electron chi connectivity index (χ2n) is 5.05. The molecule has 0 bridgehead atoms. The molecule has 0 N–H and O–H groups in total. The highest BCUT2D eigenvalue weighted by molar-refractivity contribution is 14.1. The molecule has 0 saturated carbocycles. The Kier molecular flexibility index (Phi) is 5.63. The lowest BCUT2D eigenvalue weighted by molar-refractivity contribution is 0.263. The van der Waals surface area contributed by atoms with Crippen LogP contribution in [0.1, 0.15) is 12.8 Å². The van der Waals surface area contributed by atoms with E-state index in [4.69, 9.17) is 9.47 Å². The Labute approximate surface area is 149 Å². The molecule has 118 valence electrons. The van der Waals surface area contributed by atoms with Gasteiger partial charge in [-0.05, 0) is 71.8 Å². The number of ether oxygens (including phenoxy) is 2. The summed E-state index contributed by atoms with van der Waals surface area (Å²) in [5.41, 5.74) is 0.902. The Bertz CT molecular complexity index is 757. The van der Waals surface area contributed by atoms with Crippen molar-refractivity contribution in [2.24, 2.45) is 0 Å². The number of para-hydroxylation sites is 1. The zero-order valence-electron chi connectivity index (χ0n) is 12.6. The molecule has 0 fully saturated rings. The van der Waals surface area contributed by atoms with Gasteiger partial charge in [0.25, 0.3) is 0 Å². The minimum Gasteiger partial charge on any atom is -0.494 e. The minimum atomic E-state index is 0.622. The molecule has 2 aromatic carbocycles. The van der Waals surface area contributed by atoms with E-state index in [1.165, 1.54) is 9.90 Å². The van der Waals surface area contributed by atoms with Crippen LogP contribution in [0.15, 0.2) is 54.9 Å². The fraction of sp³-hybridized carbons (Fsp3) is 0.222. The van der Waals surface area contributed by atoms with E-state index in [-0.39, 0.29) is 0 Å². The number of hydrogen-bond acceptors (Lipinski definition) is 4. The Balaban J connectivity index is 1.42. The predicted molar refractivity (Wildman–Crippen MR) is 98.9 cm³/mol. The van der Waals surface area contributed by atoms with Crippen LogP contribution in [0.3, 0.4) is 0 Å². The lowest BCUT2D eigenvalue weighted by atomic mass is 10.2. The third-order valence-electron chi connectivity index (χ3n) is 3.37. The first-order valence-electron chi connectivity index (χ1n) is 7.54. The van der Waals surface area contributed by atoms with E-state index in [0.717, 1.165) is 29.5 Å². The van der Waals surface area contributed by atoms with Gasteiger partial charge in [0, 0.05) is 3.57 Å². The molecule has 23 heavy (non-hydrogen) atoms. The summed E-state index contributed by atoms with van der Waals surface area (Å²) < 4.78 is 12.7. The van der Waals surface area contributed by atoms with Gasteiger partial charge in [0.1, 0.15) is 12.1 Å². The summed E-state index contributed by atoms with van der Waals surface area (Å²) in [4.78, 5) is 8.44. The van der Waals surface area contributed by atoms with E-state index < -0.39 is 0 Å². The van der Waals surface area contributed by atoms with Crippen molar-refractivity contribution < 1.29 is 9.47 Å². The summed E-state index contributed by atoms with van der Waals surface area (Å²) >= 11 is 2.28. The molecule has 0 aliphatic carbocycles. The molecule has 0 spiro atoms. The van der Waals surface area contributed by atoms with Gasteiger partial charge >= 0.3 is 0 Å². The standard InChI is InChI=1S/C18H17IN2O2/c19-14-7-9-15(10-8-14)22-11-3-4-12-23-18-16-5-1-2-6-17(16)20-13-21-18/h1-2,5-10,13H,3-4,11-12H2. The Hall–Kier alpha value is -1.89. The van der Waals surface area contributed by atoms with Crippen molar-refractivity contribution in [2.45, 2.75) is 12.8 Å². The Morgan fingerprint density at radius 1 is 0.826 bits per heavy atom. The van der Waals surface area contributed by atoms with Crippen LogP contribution in [0.2, 0.25) is 0 Å². The first kappa shape index (κ1) is 16.0. The van der Waals surface area contributed by atoms with Crippen molar-refractivity contribution >= 4 is 33.5 Å². The van der Waals surface area contributed by atoms with Crippen LogP contribution >= 0.6 is 22.6 Å². The molecule has 0 aliphatic rings. The van der Waals surface area contributed by atoms with Crippen molar-refractivity contribution in [1.82, 2.24) is 9.97 Å². The fourth-order valence-electron chi connectivity index (χ4n) is 2.19. The topological polar surface area (TPSA) is 44.2 Å². The van der Waals surface area contributed by atoms with Gasteiger partial charge in [-0.1, -0.05) is 12.1 Å². The number of halogens is 1. The van der Waals surface area contributed by atoms with Crippen LogP contribution in [-0.4, -0.2) is 23.2 Å². The number of fused-ring (bicyclic) bond motifs is 1. The molecule has 3 rings (SSSR count). The summed E-state index contributed by atoms with van der Waals surface area (Å²) in [6.07, 6.45) is 3.40. The van der Waals surface area contributed by atoms with Gasteiger partial charge in [-0.2, -0.15) is 0 Å². The quantitative estimate of drug-likeness (QED) is 0.418. The summed E-state index contributed by atoms with van der Waals surface area (Å²) in [6.45, 7) is 1.31. The van der Waals surface area contributed by atoms with Gasteiger partial charge in [0.2, 0.25) is 5.88 Å². The monoisotopic (exact) mass is 420 g/mol. The van der Waals surface area contributed by atoms with Gasteiger partial charge in [-0.25, -0.2) is 9.97 Å². The lowest BCUT2D eigenvalue weighted by Gasteiger charge is -2.08. The lowest BCUT2D eigenvalue weighted by Crippen LogP contribution is -2.04. The van der Waals surface area contributed by atoms with E-state index in [0.29, 0.717) is 19.1 Å². The first-order valence-corrected chi connectivity index (χ1v) is 8.62. The third kappa shape index (κ3) is 4.54. The zero-order valence-corrected chi connectivity index (χ0v) is 14.8. The van der Waals surface area contributed by atoms with Crippen LogP contribution < -0.4 is 9.47 Å². The molecule has 0 saturated heterocycles. The van der Waals surface area contributed by atoms with Crippen molar-refractivity contribution in [2.75, 3.05) is 13.2 Å². The van der Waals surface area contributed by atoms with E-state index in [1.54, 1.807) is 0 Å². The van der Waals surface area contributed by atoms with Crippen LogP contribution in [0.4, 0.5) is 0 Å². The Morgan fingerprint density at radius 3 is 2.39 bits per heavy atom. The highest BCUT2D eigenvalue weighted by Gasteiger charge is 2.03. The number of rotatable bonds is 7. The van der Waals surface area contributed by atoms with E-state index in [9.17, 15) is 0 Å². The molecular weight excluding hydrogens is 403 g/mol.